The lowest BCUT2D eigenvalue weighted by atomic mass is 9.96. The van der Waals surface area contributed by atoms with Gasteiger partial charge in [0.1, 0.15) is 0 Å². The summed E-state index contributed by atoms with van der Waals surface area (Å²) in [5, 5.41) is 0. The van der Waals surface area contributed by atoms with Crippen LogP contribution in [0.1, 0.15) is 27.7 Å². The van der Waals surface area contributed by atoms with E-state index in [1.165, 1.54) is 0 Å². The second-order valence-corrected chi connectivity index (χ2v) is 3.48. The van der Waals surface area contributed by atoms with Gasteiger partial charge in [0.25, 0.3) is 0 Å². The molecule has 0 aromatic heterocycles. The first-order chi connectivity index (χ1) is 6.29. The van der Waals surface area contributed by atoms with E-state index in [2.05, 4.69) is 0 Å². The van der Waals surface area contributed by atoms with Gasteiger partial charge < -0.3 is 11.5 Å². The van der Waals surface area contributed by atoms with Gasteiger partial charge in [0.05, 0.1) is 11.1 Å². The Morgan fingerprint density at radius 3 is 1.00 bits per heavy atom. The van der Waals surface area contributed by atoms with Crippen LogP contribution in [0.15, 0.2) is 22.3 Å². The Kier molecular flexibility index (Phi) is 4.08. The van der Waals surface area contributed by atoms with Crippen molar-refractivity contribution in [2.24, 2.45) is 11.5 Å². The summed E-state index contributed by atoms with van der Waals surface area (Å²) < 4.78 is 0. The molecule has 0 radical (unpaired) electrons. The molecule has 0 aliphatic heterocycles. The van der Waals surface area contributed by atoms with E-state index in [1.54, 1.807) is 27.7 Å². The summed E-state index contributed by atoms with van der Waals surface area (Å²) in [4.78, 5) is 22.2. The molecule has 0 unspecified atom stereocenters. The third-order valence-electron chi connectivity index (χ3n) is 1.74. The maximum absolute atomic E-state index is 11.1. The van der Waals surface area contributed by atoms with Gasteiger partial charge in [-0.15, -0.1) is 0 Å². The number of amides is 2. The van der Waals surface area contributed by atoms with Crippen molar-refractivity contribution in [2.45, 2.75) is 27.7 Å². The molecule has 0 atom stereocenters. The summed E-state index contributed by atoms with van der Waals surface area (Å²) in [6.45, 7) is 6.86. The van der Waals surface area contributed by atoms with E-state index in [4.69, 9.17) is 11.5 Å². The lowest BCUT2D eigenvalue weighted by Crippen LogP contribution is -2.25. The highest BCUT2D eigenvalue weighted by Crippen LogP contribution is 2.17. The summed E-state index contributed by atoms with van der Waals surface area (Å²) in [6, 6.07) is 0. The average Bonchev–Trinajstić information content (AvgIpc) is 1.96. The molecule has 0 aliphatic carbocycles. The highest BCUT2D eigenvalue weighted by atomic mass is 16.2. The zero-order chi connectivity index (χ0) is 11.5. The summed E-state index contributed by atoms with van der Waals surface area (Å²) in [7, 11) is 0. The molecule has 0 spiro atoms. The molecule has 4 N–H and O–H groups in total. The Labute approximate surface area is 83.6 Å². The van der Waals surface area contributed by atoms with Gasteiger partial charge in [-0.1, -0.05) is 11.1 Å². The van der Waals surface area contributed by atoms with Crippen LogP contribution in [-0.2, 0) is 9.59 Å². The minimum atomic E-state index is -0.625. The normalized spacial score (nSPS) is 9.14. The second kappa shape index (κ2) is 4.60. The molecule has 0 saturated heterocycles. The first kappa shape index (κ1) is 12.4. The fraction of sp³-hybridized carbons (Fsp3) is 0.400. The number of carbonyl (C=O) groups excluding carboxylic acids is 2. The van der Waals surface area contributed by atoms with Crippen LogP contribution in [0.5, 0.6) is 0 Å². The summed E-state index contributed by atoms with van der Waals surface area (Å²) in [5.41, 5.74) is 12.2. The van der Waals surface area contributed by atoms with E-state index in [9.17, 15) is 9.59 Å². The number of hydrogen-bond donors (Lipinski definition) is 2. The van der Waals surface area contributed by atoms with Crippen LogP contribution in [0, 0.1) is 0 Å². The molecule has 78 valence electrons. The van der Waals surface area contributed by atoms with Crippen molar-refractivity contribution in [3.63, 3.8) is 0 Å². The van der Waals surface area contributed by atoms with Crippen LogP contribution in [0.2, 0.25) is 0 Å². The monoisotopic (exact) mass is 196 g/mol. The molecule has 2 amide bonds. The highest BCUT2D eigenvalue weighted by molar-refractivity contribution is 6.10. The molecule has 4 nitrogen and oxygen atoms in total. The minimum Gasteiger partial charge on any atom is -0.366 e. The molecular formula is C10H16N2O2. The van der Waals surface area contributed by atoms with Gasteiger partial charge in [-0.25, -0.2) is 0 Å². The zero-order valence-electron chi connectivity index (χ0n) is 8.97. The van der Waals surface area contributed by atoms with E-state index in [0.717, 1.165) is 0 Å². The van der Waals surface area contributed by atoms with Crippen molar-refractivity contribution in [1.82, 2.24) is 0 Å². The van der Waals surface area contributed by atoms with Gasteiger partial charge in [-0.05, 0) is 27.7 Å². The van der Waals surface area contributed by atoms with Crippen LogP contribution >= 0.6 is 0 Å². The lowest BCUT2D eigenvalue weighted by molar-refractivity contribution is -0.117. The highest BCUT2D eigenvalue weighted by Gasteiger charge is 2.18. The summed E-state index contributed by atoms with van der Waals surface area (Å²) in [6.07, 6.45) is 0. The zero-order valence-corrected chi connectivity index (χ0v) is 8.97. The van der Waals surface area contributed by atoms with E-state index < -0.39 is 11.8 Å². The third kappa shape index (κ3) is 2.73. The van der Waals surface area contributed by atoms with Crippen molar-refractivity contribution in [1.29, 1.82) is 0 Å². The molecule has 0 saturated carbocycles. The maximum Gasteiger partial charge on any atom is 0.249 e. The number of hydrogen-bond acceptors (Lipinski definition) is 2. The van der Waals surface area contributed by atoms with E-state index in [-0.39, 0.29) is 11.1 Å². The summed E-state index contributed by atoms with van der Waals surface area (Å²) >= 11 is 0. The fourth-order valence-corrected chi connectivity index (χ4v) is 1.24. The summed E-state index contributed by atoms with van der Waals surface area (Å²) in [5.74, 6) is -1.25. The third-order valence-corrected chi connectivity index (χ3v) is 1.74. The van der Waals surface area contributed by atoms with Gasteiger partial charge >= 0.3 is 0 Å². The Bertz CT molecular complexity index is 296. The van der Waals surface area contributed by atoms with Crippen LogP contribution in [0.25, 0.3) is 0 Å². The Hall–Kier alpha value is -1.58. The second-order valence-electron chi connectivity index (χ2n) is 3.48. The maximum atomic E-state index is 11.1. The van der Waals surface area contributed by atoms with Gasteiger partial charge in [-0.2, -0.15) is 0 Å². The topological polar surface area (TPSA) is 86.2 Å². The van der Waals surface area contributed by atoms with Gasteiger partial charge in [0, 0.05) is 0 Å². The van der Waals surface area contributed by atoms with E-state index in [0.29, 0.717) is 11.1 Å². The van der Waals surface area contributed by atoms with Gasteiger partial charge in [0.15, 0.2) is 0 Å². The molecule has 0 aliphatic rings. The first-order valence-corrected chi connectivity index (χ1v) is 4.24. The van der Waals surface area contributed by atoms with Gasteiger partial charge in [0.2, 0.25) is 11.8 Å². The van der Waals surface area contributed by atoms with Crippen molar-refractivity contribution >= 4 is 11.8 Å². The smallest absolute Gasteiger partial charge is 0.249 e. The molecule has 0 bridgehead atoms. The first-order valence-electron chi connectivity index (χ1n) is 4.24. The van der Waals surface area contributed by atoms with Crippen molar-refractivity contribution < 1.29 is 9.59 Å². The molecule has 14 heavy (non-hydrogen) atoms. The quantitative estimate of drug-likeness (QED) is 0.512. The molecule has 0 heterocycles. The van der Waals surface area contributed by atoms with Crippen LogP contribution in [-0.4, -0.2) is 11.8 Å². The minimum absolute atomic E-state index is 0.220. The number of nitrogens with two attached hydrogens (primary N) is 2. The molecule has 0 aromatic carbocycles. The number of allylic oxidation sites excluding steroid dienone is 2. The van der Waals surface area contributed by atoms with Crippen LogP contribution in [0.4, 0.5) is 0 Å². The number of rotatable bonds is 3. The average molecular weight is 196 g/mol. The van der Waals surface area contributed by atoms with Crippen molar-refractivity contribution in [2.75, 3.05) is 0 Å². The number of carbonyl (C=O) groups is 2. The largest absolute Gasteiger partial charge is 0.366 e. The van der Waals surface area contributed by atoms with Crippen molar-refractivity contribution in [3.8, 4) is 0 Å². The molecule has 0 aromatic rings. The predicted molar refractivity (Wildman–Crippen MR) is 55.1 cm³/mol. The number of primary amides is 2. The Morgan fingerprint density at radius 1 is 0.714 bits per heavy atom. The van der Waals surface area contributed by atoms with Gasteiger partial charge in [-0.3, -0.25) is 9.59 Å². The van der Waals surface area contributed by atoms with E-state index >= 15 is 0 Å². The Morgan fingerprint density at radius 2 is 0.929 bits per heavy atom. The van der Waals surface area contributed by atoms with Crippen molar-refractivity contribution in [3.05, 3.63) is 22.3 Å². The molecule has 0 fully saturated rings. The SMILES string of the molecule is CC(C)=C(C(N)=O)C(C(N)=O)=C(C)C. The Balaban J connectivity index is 5.66. The molecular weight excluding hydrogens is 180 g/mol. The standard InChI is InChI=1S/C10H16N2O2/c1-5(2)7(9(11)13)8(6(3)4)10(12)14/h1-4H3,(H2,11,13)(H2,12,14). The lowest BCUT2D eigenvalue weighted by Gasteiger charge is -2.09. The fourth-order valence-electron chi connectivity index (χ4n) is 1.24. The molecule has 4 heteroatoms. The predicted octanol–water partition coefficient (Wildman–Crippen LogP) is 0.630. The van der Waals surface area contributed by atoms with E-state index in [1.807, 2.05) is 0 Å². The van der Waals surface area contributed by atoms with Crippen LogP contribution in [0.3, 0.4) is 0 Å². The van der Waals surface area contributed by atoms with Crippen LogP contribution < -0.4 is 11.5 Å². The molecule has 0 rings (SSSR count).